The van der Waals surface area contributed by atoms with Gasteiger partial charge in [-0.25, -0.2) is 15.0 Å². The van der Waals surface area contributed by atoms with Gasteiger partial charge in [0.25, 0.3) is 0 Å². The Morgan fingerprint density at radius 3 is 2.61 bits per heavy atom. The molecule has 0 aromatic carbocycles. The summed E-state index contributed by atoms with van der Waals surface area (Å²) >= 11 is 13.4. The van der Waals surface area contributed by atoms with E-state index < -0.39 is 0 Å². The Morgan fingerprint density at radius 2 is 1.96 bits per heavy atom. The van der Waals surface area contributed by atoms with Gasteiger partial charge in [0.1, 0.15) is 16.7 Å². The second-order valence-corrected chi connectivity index (χ2v) is 8.91. The molecule has 0 bridgehead atoms. The van der Waals surface area contributed by atoms with E-state index >= 15 is 0 Å². The van der Waals surface area contributed by atoms with E-state index in [1.54, 1.807) is 12.3 Å². The van der Waals surface area contributed by atoms with Gasteiger partial charge in [-0.05, 0) is 18.9 Å². The second kappa shape index (κ2) is 7.72. The molecule has 6 N–H and O–H groups in total. The molecule has 2 aliphatic rings. The standard InChI is InChI=1S/C17H21Cl2N7OS/c18-13-9(5-11(21)24-14(13)19)28-16-15(22)25-12(6-23-16)26-3-1-17(2-4-26)8-27-7-10(17)20/h5-6,10H,1-4,7-8,20H2,(H2,21,24)(H2,22,25)/t10-/m1/s1. The van der Waals surface area contributed by atoms with Gasteiger partial charge in [0.15, 0.2) is 11.0 Å². The third-order valence-corrected chi connectivity index (χ3v) is 7.33. The molecule has 2 fully saturated rings. The molecule has 2 aromatic heterocycles. The highest BCUT2D eigenvalue weighted by atomic mass is 35.5. The average molecular weight is 442 g/mol. The molecule has 8 nitrogen and oxygen atoms in total. The predicted octanol–water partition coefficient (Wildman–Crippen LogP) is 2.44. The van der Waals surface area contributed by atoms with Crippen LogP contribution in [0.5, 0.6) is 0 Å². The van der Waals surface area contributed by atoms with E-state index in [0.717, 1.165) is 38.4 Å². The lowest BCUT2D eigenvalue weighted by Gasteiger charge is -2.41. The fourth-order valence-corrected chi connectivity index (χ4v) is 4.95. The third kappa shape index (κ3) is 3.69. The third-order valence-electron chi connectivity index (χ3n) is 5.42. The largest absolute Gasteiger partial charge is 0.384 e. The first kappa shape index (κ1) is 19.8. The fraction of sp³-hybridized carbons (Fsp3) is 0.471. The molecular formula is C17H21Cl2N7OS. The first-order chi connectivity index (χ1) is 13.4. The zero-order valence-corrected chi connectivity index (χ0v) is 17.4. The number of aromatic nitrogens is 3. The van der Waals surface area contributed by atoms with Crippen LogP contribution in [-0.2, 0) is 4.74 Å². The molecule has 11 heteroatoms. The van der Waals surface area contributed by atoms with Crippen LogP contribution in [0, 0.1) is 5.41 Å². The number of rotatable bonds is 3. The minimum atomic E-state index is 0.0859. The molecule has 0 radical (unpaired) electrons. The molecule has 1 spiro atoms. The summed E-state index contributed by atoms with van der Waals surface area (Å²) in [5, 5.41) is 0.985. The van der Waals surface area contributed by atoms with Crippen LogP contribution >= 0.6 is 35.0 Å². The number of nitrogens with zero attached hydrogens (tertiary/aromatic N) is 4. The Morgan fingerprint density at radius 1 is 1.21 bits per heavy atom. The van der Waals surface area contributed by atoms with Crippen molar-refractivity contribution < 1.29 is 4.74 Å². The Labute approximate surface area is 177 Å². The summed E-state index contributed by atoms with van der Waals surface area (Å²) in [7, 11) is 0. The highest BCUT2D eigenvalue weighted by Gasteiger charge is 2.44. The quantitative estimate of drug-likeness (QED) is 0.614. The van der Waals surface area contributed by atoms with Crippen molar-refractivity contribution in [3.63, 3.8) is 0 Å². The molecule has 4 rings (SSSR count). The number of hydrogen-bond donors (Lipinski definition) is 3. The van der Waals surface area contributed by atoms with Gasteiger partial charge in [0.05, 0.1) is 24.4 Å². The van der Waals surface area contributed by atoms with E-state index in [4.69, 9.17) is 45.1 Å². The summed E-state index contributed by atoms with van der Waals surface area (Å²) in [5.74, 6) is 1.35. The average Bonchev–Trinajstić information content (AvgIpc) is 3.01. The van der Waals surface area contributed by atoms with E-state index in [1.807, 2.05) is 0 Å². The van der Waals surface area contributed by atoms with Gasteiger partial charge >= 0.3 is 0 Å². The van der Waals surface area contributed by atoms with E-state index in [2.05, 4.69) is 19.9 Å². The van der Waals surface area contributed by atoms with Gasteiger partial charge in [0.2, 0.25) is 0 Å². The predicted molar refractivity (Wildman–Crippen MR) is 112 cm³/mol. The van der Waals surface area contributed by atoms with Crippen molar-refractivity contribution in [3.05, 3.63) is 22.4 Å². The molecule has 28 heavy (non-hydrogen) atoms. The number of hydrogen-bond acceptors (Lipinski definition) is 9. The Bertz CT molecular complexity index is 892. The summed E-state index contributed by atoms with van der Waals surface area (Å²) < 4.78 is 5.58. The van der Waals surface area contributed by atoms with E-state index in [-0.39, 0.29) is 22.4 Å². The van der Waals surface area contributed by atoms with Gasteiger partial charge < -0.3 is 26.8 Å². The van der Waals surface area contributed by atoms with Gasteiger partial charge in [0, 0.05) is 29.4 Å². The first-order valence-corrected chi connectivity index (χ1v) is 10.5. The van der Waals surface area contributed by atoms with Crippen LogP contribution < -0.4 is 22.1 Å². The molecule has 2 aliphatic heterocycles. The maximum Gasteiger partial charge on any atom is 0.158 e. The molecule has 0 aliphatic carbocycles. The lowest BCUT2D eigenvalue weighted by atomic mass is 9.75. The maximum atomic E-state index is 6.25. The summed E-state index contributed by atoms with van der Waals surface area (Å²) in [6.07, 6.45) is 3.66. The maximum absolute atomic E-state index is 6.25. The van der Waals surface area contributed by atoms with Crippen LogP contribution in [-0.4, -0.2) is 47.3 Å². The zero-order chi connectivity index (χ0) is 19.9. The van der Waals surface area contributed by atoms with Crippen LogP contribution in [0.25, 0.3) is 0 Å². The second-order valence-electron chi connectivity index (χ2n) is 7.14. The van der Waals surface area contributed by atoms with Crippen molar-refractivity contribution in [1.29, 1.82) is 0 Å². The van der Waals surface area contributed by atoms with Crippen molar-refractivity contribution in [2.24, 2.45) is 11.1 Å². The lowest BCUT2D eigenvalue weighted by molar-refractivity contribution is 0.131. The number of nitrogens with two attached hydrogens (primary N) is 3. The zero-order valence-electron chi connectivity index (χ0n) is 15.1. The summed E-state index contributed by atoms with van der Waals surface area (Å²) in [6, 6.07) is 1.74. The van der Waals surface area contributed by atoms with Crippen LogP contribution in [0.2, 0.25) is 10.2 Å². The molecular weight excluding hydrogens is 421 g/mol. The fourth-order valence-electron chi connectivity index (χ4n) is 3.66. The minimum Gasteiger partial charge on any atom is -0.384 e. The van der Waals surface area contributed by atoms with Gasteiger partial charge in [-0.3, -0.25) is 0 Å². The lowest BCUT2D eigenvalue weighted by Crippen LogP contribution is -2.49. The van der Waals surface area contributed by atoms with Crippen molar-refractivity contribution in [1.82, 2.24) is 15.0 Å². The molecule has 0 amide bonds. The molecule has 150 valence electrons. The monoisotopic (exact) mass is 441 g/mol. The number of ether oxygens (including phenoxy) is 1. The first-order valence-electron chi connectivity index (χ1n) is 8.88. The van der Waals surface area contributed by atoms with E-state index in [1.165, 1.54) is 11.8 Å². The summed E-state index contributed by atoms with van der Waals surface area (Å²) in [6.45, 7) is 3.08. The number of piperidine rings is 1. The van der Waals surface area contributed by atoms with Crippen LogP contribution in [0.3, 0.4) is 0 Å². The van der Waals surface area contributed by atoms with Crippen molar-refractivity contribution in [2.75, 3.05) is 42.7 Å². The topological polar surface area (TPSA) is 129 Å². The molecule has 2 saturated heterocycles. The highest BCUT2D eigenvalue weighted by Crippen LogP contribution is 2.41. The molecule has 0 unspecified atom stereocenters. The number of nitrogen functional groups attached to an aromatic ring is 2. The summed E-state index contributed by atoms with van der Waals surface area (Å²) in [5.41, 5.74) is 18.2. The SMILES string of the molecule is Nc1cc(Sc2ncc(N3CCC4(CC3)COC[C@H]4N)nc2N)c(Cl)c(Cl)n1. The molecule has 1 atom stereocenters. The van der Waals surface area contributed by atoms with Gasteiger partial charge in [-0.2, -0.15) is 0 Å². The number of anilines is 3. The number of halogens is 2. The summed E-state index contributed by atoms with van der Waals surface area (Å²) in [4.78, 5) is 15.7. The van der Waals surface area contributed by atoms with Crippen molar-refractivity contribution in [2.45, 2.75) is 28.8 Å². The van der Waals surface area contributed by atoms with Crippen LogP contribution in [0.1, 0.15) is 12.8 Å². The van der Waals surface area contributed by atoms with E-state index in [0.29, 0.717) is 27.4 Å². The highest BCUT2D eigenvalue weighted by molar-refractivity contribution is 7.99. The minimum absolute atomic E-state index is 0.0859. The Kier molecular flexibility index (Phi) is 5.45. The van der Waals surface area contributed by atoms with Crippen LogP contribution in [0.4, 0.5) is 17.5 Å². The number of pyridine rings is 1. The van der Waals surface area contributed by atoms with Gasteiger partial charge in [-0.1, -0.05) is 35.0 Å². The smallest absolute Gasteiger partial charge is 0.158 e. The Hall–Kier alpha value is -1.52. The van der Waals surface area contributed by atoms with Crippen molar-refractivity contribution in [3.8, 4) is 0 Å². The molecule has 4 heterocycles. The molecule has 2 aromatic rings. The molecule has 0 saturated carbocycles. The van der Waals surface area contributed by atoms with Crippen LogP contribution in [0.15, 0.2) is 22.2 Å². The van der Waals surface area contributed by atoms with E-state index in [9.17, 15) is 0 Å². The van der Waals surface area contributed by atoms with Crippen molar-refractivity contribution >= 4 is 52.4 Å². The van der Waals surface area contributed by atoms with Gasteiger partial charge in [-0.15, -0.1) is 0 Å². The Balaban J connectivity index is 1.48. The normalized spacial score (nSPS) is 21.4.